The molecule has 1 aromatic carbocycles. The number of hydrogen-bond acceptors (Lipinski definition) is 4. The number of methoxy groups -OCH3 is 1. The summed E-state index contributed by atoms with van der Waals surface area (Å²) in [7, 11) is 1.53. The molecule has 1 aromatic rings. The third-order valence-corrected chi connectivity index (χ3v) is 3.96. The second-order valence-electron chi connectivity index (χ2n) is 5.39. The monoisotopic (exact) mass is 314 g/mol. The normalized spacial score (nSPS) is 24.8. The number of piperidine rings is 1. The van der Waals surface area contributed by atoms with E-state index in [0.717, 1.165) is 13.0 Å². The number of benzene rings is 1. The van der Waals surface area contributed by atoms with Gasteiger partial charge in [-0.2, -0.15) is 0 Å². The van der Waals surface area contributed by atoms with Gasteiger partial charge in [-0.25, -0.2) is 0 Å². The number of ether oxygens (including phenoxy) is 1. The van der Waals surface area contributed by atoms with Crippen LogP contribution in [-0.4, -0.2) is 36.8 Å². The van der Waals surface area contributed by atoms with E-state index >= 15 is 0 Å². The third-order valence-electron chi connectivity index (χ3n) is 3.96. The Labute approximate surface area is 131 Å². The van der Waals surface area contributed by atoms with Crippen molar-refractivity contribution in [1.82, 2.24) is 10.6 Å². The number of phenolic OH excluding ortho intramolecular Hbond substituents is 1. The van der Waals surface area contributed by atoms with Crippen LogP contribution in [-0.2, 0) is 0 Å². The zero-order chi connectivity index (χ0) is 14.7. The van der Waals surface area contributed by atoms with Crippen LogP contribution in [0.4, 0.5) is 0 Å². The van der Waals surface area contributed by atoms with E-state index in [0.29, 0.717) is 11.7 Å². The molecule has 1 heterocycles. The molecule has 3 unspecified atom stereocenters. The van der Waals surface area contributed by atoms with Gasteiger partial charge < -0.3 is 20.5 Å². The molecule has 3 N–H and O–H groups in total. The van der Waals surface area contributed by atoms with Gasteiger partial charge in [-0.15, -0.1) is 12.4 Å². The van der Waals surface area contributed by atoms with E-state index in [1.165, 1.54) is 13.2 Å². The number of aromatic hydroxyl groups is 1. The summed E-state index contributed by atoms with van der Waals surface area (Å²) in [6, 6.07) is 4.92. The highest BCUT2D eigenvalue weighted by Crippen LogP contribution is 2.24. The second-order valence-corrected chi connectivity index (χ2v) is 5.39. The second kappa shape index (κ2) is 7.52. The first-order valence-electron chi connectivity index (χ1n) is 6.94. The van der Waals surface area contributed by atoms with Gasteiger partial charge in [-0.3, -0.25) is 4.79 Å². The number of amides is 1. The Balaban J connectivity index is 0.00000220. The van der Waals surface area contributed by atoms with Crippen molar-refractivity contribution < 1.29 is 14.6 Å². The molecule has 0 spiro atoms. The van der Waals surface area contributed by atoms with E-state index in [9.17, 15) is 9.90 Å². The summed E-state index contributed by atoms with van der Waals surface area (Å²) in [5.41, 5.74) is 0.245. The molecule has 1 amide bonds. The maximum atomic E-state index is 12.3. The molecule has 0 bridgehead atoms. The van der Waals surface area contributed by atoms with Crippen LogP contribution in [0.25, 0.3) is 0 Å². The van der Waals surface area contributed by atoms with Gasteiger partial charge in [0, 0.05) is 12.1 Å². The van der Waals surface area contributed by atoms with Crippen molar-refractivity contribution in [3.63, 3.8) is 0 Å². The number of carbonyl (C=O) groups excluding carboxylic acids is 1. The van der Waals surface area contributed by atoms with E-state index in [2.05, 4.69) is 24.5 Å². The summed E-state index contributed by atoms with van der Waals surface area (Å²) >= 11 is 0. The number of phenols is 1. The van der Waals surface area contributed by atoms with Crippen LogP contribution in [0, 0.1) is 5.92 Å². The first-order valence-corrected chi connectivity index (χ1v) is 6.94. The van der Waals surface area contributed by atoms with Crippen LogP contribution in [0.3, 0.4) is 0 Å². The van der Waals surface area contributed by atoms with Gasteiger partial charge in [-0.1, -0.05) is 6.92 Å². The molecule has 1 saturated heterocycles. The molecule has 0 aliphatic carbocycles. The van der Waals surface area contributed by atoms with Crippen molar-refractivity contribution in [1.29, 1.82) is 0 Å². The molecule has 1 aliphatic rings. The van der Waals surface area contributed by atoms with Crippen molar-refractivity contribution in [2.75, 3.05) is 13.7 Å². The lowest BCUT2D eigenvalue weighted by molar-refractivity contribution is 0.0894. The van der Waals surface area contributed by atoms with Gasteiger partial charge in [0.15, 0.2) is 0 Å². The van der Waals surface area contributed by atoms with Crippen LogP contribution >= 0.6 is 12.4 Å². The summed E-state index contributed by atoms with van der Waals surface area (Å²) in [5, 5.41) is 16.2. The highest BCUT2D eigenvalue weighted by atomic mass is 35.5. The summed E-state index contributed by atoms with van der Waals surface area (Å²) < 4.78 is 5.09. The van der Waals surface area contributed by atoms with Crippen molar-refractivity contribution in [3.8, 4) is 11.5 Å². The molecule has 6 heteroatoms. The summed E-state index contributed by atoms with van der Waals surface area (Å²) in [5.74, 6) is 0.653. The fourth-order valence-electron chi connectivity index (χ4n) is 2.66. The predicted octanol–water partition coefficient (Wildman–Crippen LogP) is 1.94. The predicted molar refractivity (Wildman–Crippen MR) is 84.4 cm³/mol. The van der Waals surface area contributed by atoms with Gasteiger partial charge in [0.1, 0.15) is 11.5 Å². The Hall–Kier alpha value is -1.46. The van der Waals surface area contributed by atoms with Crippen molar-refractivity contribution in [2.45, 2.75) is 32.4 Å². The largest absolute Gasteiger partial charge is 0.507 e. The smallest absolute Gasteiger partial charge is 0.255 e. The average molecular weight is 315 g/mol. The Bertz CT molecular complexity index is 486. The summed E-state index contributed by atoms with van der Waals surface area (Å²) in [4.78, 5) is 12.3. The maximum absolute atomic E-state index is 12.3. The minimum absolute atomic E-state index is 0. The zero-order valence-corrected chi connectivity index (χ0v) is 13.4. The zero-order valence-electron chi connectivity index (χ0n) is 12.6. The number of carbonyl (C=O) groups is 1. The Morgan fingerprint density at radius 3 is 2.76 bits per heavy atom. The van der Waals surface area contributed by atoms with Crippen LogP contribution in [0.5, 0.6) is 11.5 Å². The van der Waals surface area contributed by atoms with Gasteiger partial charge in [0.2, 0.25) is 0 Å². The molecule has 1 aliphatic heterocycles. The lowest BCUT2D eigenvalue weighted by Gasteiger charge is -2.36. The molecular weight excluding hydrogens is 292 g/mol. The lowest BCUT2D eigenvalue weighted by Crippen LogP contribution is -2.55. The number of halogens is 1. The van der Waals surface area contributed by atoms with E-state index < -0.39 is 0 Å². The van der Waals surface area contributed by atoms with E-state index in [4.69, 9.17) is 4.74 Å². The van der Waals surface area contributed by atoms with Crippen LogP contribution in [0.15, 0.2) is 18.2 Å². The standard InChI is InChI=1S/C15H22N2O3.ClH/c1-9-6-7-16-10(2)14(9)17-15(19)12-8-11(20-3)4-5-13(12)18;/h4-5,8-10,14,16,18H,6-7H2,1-3H3,(H,17,19);1H. The quantitative estimate of drug-likeness (QED) is 0.797. The minimum atomic E-state index is -0.270. The molecule has 0 radical (unpaired) electrons. The Morgan fingerprint density at radius 2 is 2.14 bits per heavy atom. The molecule has 0 saturated carbocycles. The van der Waals surface area contributed by atoms with Gasteiger partial charge in [0.05, 0.1) is 12.7 Å². The van der Waals surface area contributed by atoms with Crippen LogP contribution in [0.2, 0.25) is 0 Å². The fourth-order valence-corrected chi connectivity index (χ4v) is 2.66. The highest BCUT2D eigenvalue weighted by molar-refractivity contribution is 5.97. The summed E-state index contributed by atoms with van der Waals surface area (Å²) in [6.07, 6.45) is 1.03. The van der Waals surface area contributed by atoms with Crippen LogP contribution < -0.4 is 15.4 Å². The molecule has 1 fully saturated rings. The van der Waals surface area contributed by atoms with Gasteiger partial charge >= 0.3 is 0 Å². The van der Waals surface area contributed by atoms with Crippen molar-refractivity contribution >= 4 is 18.3 Å². The number of rotatable bonds is 3. The minimum Gasteiger partial charge on any atom is -0.507 e. The topological polar surface area (TPSA) is 70.6 Å². The average Bonchev–Trinajstić information content (AvgIpc) is 2.43. The first-order chi connectivity index (χ1) is 9.52. The van der Waals surface area contributed by atoms with Crippen molar-refractivity contribution in [2.24, 2.45) is 5.92 Å². The molecular formula is C15H23ClN2O3. The molecule has 118 valence electrons. The van der Waals surface area contributed by atoms with Gasteiger partial charge in [0.25, 0.3) is 5.91 Å². The Kier molecular flexibility index (Phi) is 6.30. The van der Waals surface area contributed by atoms with E-state index in [-0.39, 0.29) is 41.7 Å². The first kappa shape index (κ1) is 17.6. The number of hydrogen-bond donors (Lipinski definition) is 3. The van der Waals surface area contributed by atoms with Gasteiger partial charge in [-0.05, 0) is 44.0 Å². The fraction of sp³-hybridized carbons (Fsp3) is 0.533. The van der Waals surface area contributed by atoms with E-state index in [1.54, 1.807) is 12.1 Å². The summed E-state index contributed by atoms with van der Waals surface area (Å²) in [6.45, 7) is 5.17. The lowest BCUT2D eigenvalue weighted by atomic mass is 9.89. The number of nitrogens with one attached hydrogen (secondary N) is 2. The Morgan fingerprint density at radius 1 is 1.43 bits per heavy atom. The molecule has 3 atom stereocenters. The molecule has 5 nitrogen and oxygen atoms in total. The molecule has 0 aromatic heterocycles. The SMILES string of the molecule is COc1ccc(O)c(C(=O)NC2C(C)CCNC2C)c1.Cl. The van der Waals surface area contributed by atoms with Crippen LogP contribution in [0.1, 0.15) is 30.6 Å². The maximum Gasteiger partial charge on any atom is 0.255 e. The molecule has 21 heavy (non-hydrogen) atoms. The highest BCUT2D eigenvalue weighted by Gasteiger charge is 2.29. The van der Waals surface area contributed by atoms with E-state index in [1.807, 2.05) is 0 Å². The third kappa shape index (κ3) is 4.02. The van der Waals surface area contributed by atoms with Crippen molar-refractivity contribution in [3.05, 3.63) is 23.8 Å². The molecule has 2 rings (SSSR count).